The van der Waals surface area contributed by atoms with Crippen molar-refractivity contribution in [2.24, 2.45) is 0 Å². The van der Waals surface area contributed by atoms with E-state index >= 15 is 0 Å². The fourth-order valence-electron chi connectivity index (χ4n) is 1.14. The number of hydrogen-bond acceptors (Lipinski definition) is 2. The number of benzene rings is 1. The van der Waals surface area contributed by atoms with Gasteiger partial charge in [-0.2, -0.15) is 14.0 Å². The molecule has 0 bridgehead atoms. The van der Waals surface area contributed by atoms with Crippen molar-refractivity contribution in [2.75, 3.05) is 0 Å². The molecule has 1 rings (SSSR count). The van der Waals surface area contributed by atoms with Gasteiger partial charge < -0.3 is 4.74 Å². The van der Waals surface area contributed by atoms with Crippen molar-refractivity contribution in [3.05, 3.63) is 27.3 Å². The summed E-state index contributed by atoms with van der Waals surface area (Å²) in [7, 11) is 0. The van der Waals surface area contributed by atoms with Crippen molar-refractivity contribution in [2.45, 2.75) is 19.5 Å². The molecule has 0 spiro atoms. The zero-order chi connectivity index (χ0) is 11.3. The molecule has 0 atom stereocenters. The van der Waals surface area contributed by atoms with Crippen LogP contribution in [0.5, 0.6) is 5.75 Å². The third-order valence-electron chi connectivity index (χ3n) is 1.74. The molecule has 1 aromatic carbocycles. The minimum absolute atomic E-state index is 0.153. The number of nitrogens with zero attached hydrogens (tertiary/aromatic N) is 1. The molecule has 15 heavy (non-hydrogen) atoms. The molecule has 0 heterocycles. The van der Waals surface area contributed by atoms with Crippen LogP contribution >= 0.6 is 22.6 Å². The quantitative estimate of drug-likeness (QED) is 0.796. The lowest BCUT2D eigenvalue weighted by Crippen LogP contribution is -2.04. The van der Waals surface area contributed by atoms with Crippen molar-refractivity contribution in [1.29, 1.82) is 5.26 Å². The van der Waals surface area contributed by atoms with E-state index in [1.54, 1.807) is 12.1 Å². The predicted molar refractivity (Wildman–Crippen MR) is 59.7 cm³/mol. The van der Waals surface area contributed by atoms with E-state index in [9.17, 15) is 8.78 Å². The summed E-state index contributed by atoms with van der Waals surface area (Å²) in [6.07, 6.45) is 0.717. The summed E-state index contributed by atoms with van der Waals surface area (Å²) in [5.74, 6) is 0.153. The minimum atomic E-state index is -2.83. The molecule has 0 saturated carbocycles. The fraction of sp³-hybridized carbons (Fsp3) is 0.300. The molecule has 0 aliphatic heterocycles. The fourth-order valence-corrected chi connectivity index (χ4v) is 1.70. The van der Waals surface area contributed by atoms with Crippen LogP contribution in [0, 0.1) is 14.9 Å². The van der Waals surface area contributed by atoms with Gasteiger partial charge in [0.2, 0.25) is 0 Å². The first kappa shape index (κ1) is 12.2. The number of rotatable bonds is 4. The smallest absolute Gasteiger partial charge is 0.387 e. The summed E-state index contributed by atoms with van der Waals surface area (Å²) >= 11 is 2.08. The van der Waals surface area contributed by atoms with Gasteiger partial charge >= 0.3 is 6.61 Å². The largest absolute Gasteiger partial charge is 0.435 e. The molecule has 0 amide bonds. The Balaban J connectivity index is 2.88. The Kier molecular flexibility index (Phi) is 4.75. The Morgan fingerprint density at radius 3 is 2.80 bits per heavy atom. The van der Waals surface area contributed by atoms with E-state index < -0.39 is 6.61 Å². The number of ether oxygens (including phenoxy) is 1. The van der Waals surface area contributed by atoms with Crippen LogP contribution < -0.4 is 4.74 Å². The summed E-state index contributed by atoms with van der Waals surface area (Å²) in [5, 5.41) is 8.43. The molecule has 0 N–H and O–H groups in total. The van der Waals surface area contributed by atoms with E-state index in [4.69, 9.17) is 5.26 Å². The SMILES string of the molecule is N#CCCc1cc(I)ccc1OC(F)F. The minimum Gasteiger partial charge on any atom is -0.435 e. The van der Waals surface area contributed by atoms with Crippen LogP contribution in [0.4, 0.5) is 8.78 Å². The van der Waals surface area contributed by atoms with E-state index in [2.05, 4.69) is 27.3 Å². The lowest BCUT2D eigenvalue weighted by molar-refractivity contribution is -0.0504. The maximum Gasteiger partial charge on any atom is 0.387 e. The molecular weight excluding hydrogens is 315 g/mol. The highest BCUT2D eigenvalue weighted by atomic mass is 127. The van der Waals surface area contributed by atoms with Gasteiger partial charge in [0.25, 0.3) is 0 Å². The molecule has 1 aromatic rings. The maximum absolute atomic E-state index is 12.0. The molecule has 0 saturated heterocycles. The molecule has 0 fully saturated rings. The number of alkyl halides is 2. The topological polar surface area (TPSA) is 33.0 Å². The van der Waals surface area contributed by atoms with Crippen LogP contribution in [0.15, 0.2) is 18.2 Å². The number of hydrogen-bond donors (Lipinski definition) is 0. The van der Waals surface area contributed by atoms with Gasteiger partial charge in [0.05, 0.1) is 6.07 Å². The highest BCUT2D eigenvalue weighted by Crippen LogP contribution is 2.24. The molecular formula is C10H8F2INO. The van der Waals surface area contributed by atoms with Gasteiger partial charge in [0.1, 0.15) is 5.75 Å². The van der Waals surface area contributed by atoms with Crippen molar-refractivity contribution in [3.8, 4) is 11.8 Å². The standard InChI is InChI=1S/C10H8F2INO/c11-10(12)15-9-4-3-8(13)6-7(9)2-1-5-14/h3-4,6,10H,1-2H2. The van der Waals surface area contributed by atoms with Gasteiger partial charge in [0.15, 0.2) is 0 Å². The summed E-state index contributed by atoms with van der Waals surface area (Å²) in [5.41, 5.74) is 0.642. The average molecular weight is 323 g/mol. The highest BCUT2D eigenvalue weighted by Gasteiger charge is 2.09. The van der Waals surface area contributed by atoms with Crippen molar-refractivity contribution in [1.82, 2.24) is 0 Å². The maximum atomic E-state index is 12.0. The number of nitriles is 1. The summed E-state index contributed by atoms with van der Waals surface area (Å²) in [6.45, 7) is -2.83. The summed E-state index contributed by atoms with van der Waals surface area (Å²) in [6, 6.07) is 6.91. The monoisotopic (exact) mass is 323 g/mol. The van der Waals surface area contributed by atoms with Crippen LogP contribution in [0.2, 0.25) is 0 Å². The summed E-state index contributed by atoms with van der Waals surface area (Å²) < 4.78 is 29.4. The molecule has 5 heteroatoms. The van der Waals surface area contributed by atoms with Crippen molar-refractivity contribution < 1.29 is 13.5 Å². The van der Waals surface area contributed by atoms with E-state index in [-0.39, 0.29) is 5.75 Å². The van der Waals surface area contributed by atoms with E-state index in [1.807, 2.05) is 6.07 Å². The molecule has 2 nitrogen and oxygen atoms in total. The second-order valence-electron chi connectivity index (χ2n) is 2.79. The lowest BCUT2D eigenvalue weighted by atomic mass is 10.1. The number of halogens is 3. The second-order valence-corrected chi connectivity index (χ2v) is 4.03. The molecule has 0 unspecified atom stereocenters. The van der Waals surface area contributed by atoms with E-state index in [1.165, 1.54) is 6.07 Å². The van der Waals surface area contributed by atoms with Crippen LogP contribution in [0.25, 0.3) is 0 Å². The Bertz CT molecular complexity index is 376. The third-order valence-corrected chi connectivity index (χ3v) is 2.42. The van der Waals surface area contributed by atoms with Gasteiger partial charge in [-0.25, -0.2) is 0 Å². The Morgan fingerprint density at radius 2 is 2.20 bits per heavy atom. The Labute approximate surface area is 100.0 Å². The highest BCUT2D eigenvalue weighted by molar-refractivity contribution is 14.1. The van der Waals surface area contributed by atoms with Gasteiger partial charge in [-0.15, -0.1) is 0 Å². The van der Waals surface area contributed by atoms with Gasteiger partial charge in [-0.1, -0.05) is 0 Å². The molecule has 0 aliphatic rings. The van der Waals surface area contributed by atoms with Gasteiger partial charge in [-0.05, 0) is 52.8 Å². The van der Waals surface area contributed by atoms with E-state index in [0.29, 0.717) is 18.4 Å². The molecule has 0 aromatic heterocycles. The molecule has 0 radical (unpaired) electrons. The van der Waals surface area contributed by atoms with Crippen molar-refractivity contribution in [3.63, 3.8) is 0 Å². The van der Waals surface area contributed by atoms with Crippen LogP contribution in [-0.4, -0.2) is 6.61 Å². The van der Waals surface area contributed by atoms with Crippen LogP contribution in [0.3, 0.4) is 0 Å². The first-order chi connectivity index (χ1) is 7.13. The molecule has 0 aliphatic carbocycles. The zero-order valence-corrected chi connectivity index (χ0v) is 9.87. The average Bonchev–Trinajstić information content (AvgIpc) is 2.18. The Hall–Kier alpha value is -0.900. The zero-order valence-electron chi connectivity index (χ0n) is 7.71. The third kappa shape index (κ3) is 4.00. The van der Waals surface area contributed by atoms with Crippen LogP contribution in [0.1, 0.15) is 12.0 Å². The Morgan fingerprint density at radius 1 is 1.47 bits per heavy atom. The summed E-state index contributed by atoms with van der Waals surface area (Å²) in [4.78, 5) is 0. The van der Waals surface area contributed by atoms with Gasteiger partial charge in [0, 0.05) is 9.99 Å². The van der Waals surface area contributed by atoms with Crippen LogP contribution in [-0.2, 0) is 6.42 Å². The second kappa shape index (κ2) is 5.85. The van der Waals surface area contributed by atoms with Gasteiger partial charge in [-0.3, -0.25) is 0 Å². The normalized spacial score (nSPS) is 10.1. The van der Waals surface area contributed by atoms with Crippen molar-refractivity contribution >= 4 is 22.6 Å². The lowest BCUT2D eigenvalue weighted by Gasteiger charge is -2.09. The predicted octanol–water partition coefficient (Wildman–Crippen LogP) is 3.35. The number of aryl methyl sites for hydroxylation is 1. The molecule has 80 valence electrons. The first-order valence-corrected chi connectivity index (χ1v) is 5.31. The van der Waals surface area contributed by atoms with E-state index in [0.717, 1.165) is 3.57 Å². The first-order valence-electron chi connectivity index (χ1n) is 4.23.